The minimum Gasteiger partial charge on any atom is -0.385 e. The molecule has 0 unspecified atom stereocenters. The summed E-state index contributed by atoms with van der Waals surface area (Å²) in [7, 11) is 1.74. The molecule has 2 amide bonds. The molecule has 1 atom stereocenters. The van der Waals surface area contributed by atoms with Crippen molar-refractivity contribution in [1.82, 2.24) is 20.2 Å². The monoisotopic (exact) mass is 372 g/mol. The Morgan fingerprint density at radius 2 is 2.19 bits per heavy atom. The van der Waals surface area contributed by atoms with Crippen LogP contribution < -0.4 is 5.32 Å². The summed E-state index contributed by atoms with van der Waals surface area (Å²) < 4.78 is 5.14. The van der Waals surface area contributed by atoms with E-state index in [4.69, 9.17) is 4.74 Å². The summed E-state index contributed by atoms with van der Waals surface area (Å²) in [6.07, 6.45) is 5.22. The maximum Gasteiger partial charge on any atom is 0.317 e. The third kappa shape index (κ3) is 5.22. The number of carbonyl (C=O) groups excluding carboxylic acids is 1. The number of imidazole rings is 1. The molecule has 0 bridgehead atoms. The summed E-state index contributed by atoms with van der Waals surface area (Å²) >= 11 is 0. The zero-order chi connectivity index (χ0) is 19.2. The Kier molecular flexibility index (Phi) is 6.72. The van der Waals surface area contributed by atoms with E-state index in [1.807, 2.05) is 4.90 Å². The van der Waals surface area contributed by atoms with Gasteiger partial charge in [-0.3, -0.25) is 0 Å². The second-order valence-electron chi connectivity index (χ2n) is 7.71. The van der Waals surface area contributed by atoms with Crippen LogP contribution in [0.1, 0.15) is 42.6 Å². The van der Waals surface area contributed by atoms with Crippen molar-refractivity contribution in [2.24, 2.45) is 5.92 Å². The fourth-order valence-electron chi connectivity index (χ4n) is 3.84. The van der Waals surface area contributed by atoms with Gasteiger partial charge < -0.3 is 19.9 Å². The Balaban J connectivity index is 1.46. The van der Waals surface area contributed by atoms with Crippen LogP contribution in [0.4, 0.5) is 4.79 Å². The maximum absolute atomic E-state index is 12.5. The molecular formula is C21H32N4O2. The van der Waals surface area contributed by atoms with Gasteiger partial charge >= 0.3 is 6.03 Å². The molecule has 0 saturated carbocycles. The molecule has 2 aromatic rings. The van der Waals surface area contributed by atoms with Crippen molar-refractivity contribution in [3.05, 3.63) is 29.1 Å². The van der Waals surface area contributed by atoms with E-state index in [2.05, 4.69) is 41.3 Å². The van der Waals surface area contributed by atoms with E-state index in [1.165, 1.54) is 17.5 Å². The number of hydrogen-bond donors (Lipinski definition) is 2. The van der Waals surface area contributed by atoms with E-state index < -0.39 is 0 Å². The van der Waals surface area contributed by atoms with Gasteiger partial charge in [-0.2, -0.15) is 0 Å². The summed E-state index contributed by atoms with van der Waals surface area (Å²) in [6.45, 7) is 7.33. The first-order chi connectivity index (χ1) is 13.1. The Hall–Kier alpha value is -2.08. The van der Waals surface area contributed by atoms with Gasteiger partial charge in [0.1, 0.15) is 5.82 Å². The van der Waals surface area contributed by atoms with E-state index >= 15 is 0 Å². The number of likely N-dealkylation sites (tertiary alicyclic amines) is 1. The van der Waals surface area contributed by atoms with E-state index in [0.29, 0.717) is 18.9 Å². The van der Waals surface area contributed by atoms with Crippen molar-refractivity contribution in [2.75, 3.05) is 33.4 Å². The number of nitrogens with zero attached hydrogens (tertiary/aromatic N) is 2. The number of hydrogen-bond acceptors (Lipinski definition) is 3. The molecule has 27 heavy (non-hydrogen) atoms. The van der Waals surface area contributed by atoms with Gasteiger partial charge in [-0.05, 0) is 68.7 Å². The highest BCUT2D eigenvalue weighted by molar-refractivity contribution is 5.77. The normalized spacial score (nSPS) is 17.4. The fourth-order valence-corrected chi connectivity index (χ4v) is 3.84. The molecule has 6 nitrogen and oxygen atoms in total. The molecule has 1 aliphatic heterocycles. The number of fused-ring (bicyclic) bond motifs is 1. The Morgan fingerprint density at radius 3 is 3.00 bits per heavy atom. The molecule has 6 heteroatoms. The van der Waals surface area contributed by atoms with Crippen molar-refractivity contribution in [3.8, 4) is 0 Å². The minimum atomic E-state index is 0.0502. The van der Waals surface area contributed by atoms with Crippen LogP contribution in [0.3, 0.4) is 0 Å². The van der Waals surface area contributed by atoms with Gasteiger partial charge in [0.2, 0.25) is 0 Å². The lowest BCUT2D eigenvalue weighted by Gasteiger charge is -2.32. The number of piperidine rings is 1. The lowest BCUT2D eigenvalue weighted by molar-refractivity contribution is 0.149. The second-order valence-corrected chi connectivity index (χ2v) is 7.71. The van der Waals surface area contributed by atoms with Gasteiger partial charge in [0.15, 0.2) is 0 Å². The number of aromatic amines is 1. The summed E-state index contributed by atoms with van der Waals surface area (Å²) in [6, 6.07) is 4.30. The first-order valence-corrected chi connectivity index (χ1v) is 10.0. The smallest absolute Gasteiger partial charge is 0.317 e. The van der Waals surface area contributed by atoms with E-state index in [1.54, 1.807) is 7.11 Å². The van der Waals surface area contributed by atoms with Crippen molar-refractivity contribution in [3.63, 3.8) is 0 Å². The zero-order valence-electron chi connectivity index (χ0n) is 16.8. The van der Waals surface area contributed by atoms with E-state index in [9.17, 15) is 4.79 Å². The molecule has 148 valence electrons. The lowest BCUT2D eigenvalue weighted by atomic mass is 9.94. The molecule has 1 aliphatic rings. The number of methoxy groups -OCH3 is 1. The Labute approximate surface area is 161 Å². The summed E-state index contributed by atoms with van der Waals surface area (Å²) in [5, 5.41) is 3.06. The lowest BCUT2D eigenvalue weighted by Crippen LogP contribution is -2.46. The Morgan fingerprint density at radius 1 is 1.37 bits per heavy atom. The van der Waals surface area contributed by atoms with Crippen LogP contribution in [0.2, 0.25) is 0 Å². The molecule has 2 N–H and O–H groups in total. The van der Waals surface area contributed by atoms with Crippen molar-refractivity contribution >= 4 is 17.1 Å². The molecule has 1 aromatic heterocycles. The summed E-state index contributed by atoms with van der Waals surface area (Å²) in [5.41, 5.74) is 4.57. The highest BCUT2D eigenvalue weighted by Crippen LogP contribution is 2.21. The number of ether oxygens (including phenoxy) is 1. The maximum atomic E-state index is 12.5. The topological polar surface area (TPSA) is 70.2 Å². The van der Waals surface area contributed by atoms with Crippen LogP contribution in [0, 0.1) is 19.8 Å². The highest BCUT2D eigenvalue weighted by Gasteiger charge is 2.23. The van der Waals surface area contributed by atoms with Crippen LogP contribution in [-0.4, -0.2) is 54.2 Å². The first kappa shape index (κ1) is 19.7. The molecule has 1 fully saturated rings. The van der Waals surface area contributed by atoms with Gasteiger partial charge in [0, 0.05) is 39.8 Å². The van der Waals surface area contributed by atoms with Gasteiger partial charge in [0.25, 0.3) is 0 Å². The van der Waals surface area contributed by atoms with Crippen molar-refractivity contribution in [2.45, 2.75) is 46.0 Å². The third-order valence-corrected chi connectivity index (χ3v) is 5.55. The SMILES string of the molecule is COCCC[C@@H]1CCCN(C(=O)NCCc2nc3cc(C)c(C)cc3[nH]2)C1. The van der Waals surface area contributed by atoms with Crippen molar-refractivity contribution in [1.29, 1.82) is 0 Å². The number of benzene rings is 1. The fraction of sp³-hybridized carbons (Fsp3) is 0.619. The number of urea groups is 1. The average Bonchev–Trinajstić information content (AvgIpc) is 3.04. The first-order valence-electron chi connectivity index (χ1n) is 10.0. The number of aryl methyl sites for hydroxylation is 2. The molecule has 1 aromatic carbocycles. The van der Waals surface area contributed by atoms with Crippen LogP contribution in [0.15, 0.2) is 12.1 Å². The molecule has 2 heterocycles. The molecule has 0 spiro atoms. The number of rotatable bonds is 7. The summed E-state index contributed by atoms with van der Waals surface area (Å²) in [4.78, 5) is 22.5. The average molecular weight is 373 g/mol. The predicted molar refractivity (Wildman–Crippen MR) is 108 cm³/mol. The third-order valence-electron chi connectivity index (χ3n) is 5.55. The number of amides is 2. The molecular weight excluding hydrogens is 340 g/mol. The molecule has 0 aliphatic carbocycles. The molecule has 0 radical (unpaired) electrons. The Bertz CT molecular complexity index is 732. The summed E-state index contributed by atoms with van der Waals surface area (Å²) in [5.74, 6) is 1.52. The highest BCUT2D eigenvalue weighted by atomic mass is 16.5. The van der Waals surface area contributed by atoms with E-state index in [0.717, 1.165) is 55.8 Å². The number of H-pyrrole nitrogens is 1. The largest absolute Gasteiger partial charge is 0.385 e. The predicted octanol–water partition coefficient (Wildman–Crippen LogP) is 3.57. The van der Waals surface area contributed by atoms with Gasteiger partial charge in [-0.1, -0.05) is 0 Å². The van der Waals surface area contributed by atoms with Crippen molar-refractivity contribution < 1.29 is 9.53 Å². The van der Waals surface area contributed by atoms with Crippen LogP contribution in [-0.2, 0) is 11.2 Å². The van der Waals surface area contributed by atoms with E-state index in [-0.39, 0.29) is 6.03 Å². The number of carbonyl (C=O) groups is 1. The number of nitrogens with one attached hydrogen (secondary N) is 2. The van der Waals surface area contributed by atoms with Gasteiger partial charge in [-0.15, -0.1) is 0 Å². The van der Waals surface area contributed by atoms with Crippen LogP contribution in [0.25, 0.3) is 11.0 Å². The quantitative estimate of drug-likeness (QED) is 0.730. The van der Waals surface area contributed by atoms with Crippen LogP contribution >= 0.6 is 0 Å². The zero-order valence-corrected chi connectivity index (χ0v) is 16.8. The van der Waals surface area contributed by atoms with Crippen LogP contribution in [0.5, 0.6) is 0 Å². The number of aromatic nitrogens is 2. The molecule has 3 rings (SSSR count). The molecule has 1 saturated heterocycles. The second kappa shape index (κ2) is 9.22. The van der Waals surface area contributed by atoms with Gasteiger partial charge in [-0.25, -0.2) is 9.78 Å². The standard InChI is InChI=1S/C21H32N4O2/c1-15-12-18-19(13-16(15)2)24-20(23-18)8-9-22-21(26)25-10-4-6-17(14-25)7-5-11-27-3/h12-13,17H,4-11,14H2,1-3H3,(H,22,26)(H,23,24)/t17-/m0/s1. The minimum absolute atomic E-state index is 0.0502. The van der Waals surface area contributed by atoms with Gasteiger partial charge in [0.05, 0.1) is 11.0 Å².